The first-order valence-corrected chi connectivity index (χ1v) is 5.03. The monoisotopic (exact) mass is 202 g/mol. The van der Waals surface area contributed by atoms with Gasteiger partial charge in [0.15, 0.2) is 0 Å². The van der Waals surface area contributed by atoms with E-state index in [2.05, 4.69) is 11.1 Å². The highest BCUT2D eigenvalue weighted by Gasteiger charge is 2.12. The second-order valence-corrected chi connectivity index (χ2v) is 3.87. The van der Waals surface area contributed by atoms with E-state index in [4.69, 9.17) is 5.73 Å². The van der Waals surface area contributed by atoms with Gasteiger partial charge >= 0.3 is 0 Å². The molecule has 0 aliphatic heterocycles. The van der Waals surface area contributed by atoms with Crippen LogP contribution in [0.25, 0.3) is 10.9 Å². The van der Waals surface area contributed by atoms with Crippen molar-refractivity contribution < 1.29 is 4.79 Å². The minimum absolute atomic E-state index is 0.121. The van der Waals surface area contributed by atoms with E-state index in [9.17, 15) is 4.79 Å². The van der Waals surface area contributed by atoms with Crippen molar-refractivity contribution in [3.05, 3.63) is 36.0 Å². The molecule has 3 N–H and O–H groups in total. The van der Waals surface area contributed by atoms with Crippen LogP contribution in [0.5, 0.6) is 0 Å². The Hall–Kier alpha value is -1.77. The van der Waals surface area contributed by atoms with E-state index in [1.807, 2.05) is 31.3 Å². The van der Waals surface area contributed by atoms with Gasteiger partial charge in [0, 0.05) is 23.0 Å². The summed E-state index contributed by atoms with van der Waals surface area (Å²) in [4.78, 5) is 14.2. The highest BCUT2D eigenvalue weighted by molar-refractivity contribution is 5.84. The lowest BCUT2D eigenvalue weighted by molar-refractivity contribution is -0.121. The quantitative estimate of drug-likeness (QED) is 0.783. The normalized spacial score (nSPS) is 12.9. The molecule has 2 aromatic rings. The molecule has 1 heterocycles. The van der Waals surface area contributed by atoms with E-state index in [-0.39, 0.29) is 11.8 Å². The summed E-state index contributed by atoms with van der Waals surface area (Å²) in [7, 11) is 0. The van der Waals surface area contributed by atoms with E-state index in [0.29, 0.717) is 6.42 Å². The van der Waals surface area contributed by atoms with E-state index in [1.54, 1.807) is 0 Å². The average Bonchev–Trinajstić information content (AvgIpc) is 2.62. The van der Waals surface area contributed by atoms with Gasteiger partial charge in [0.2, 0.25) is 5.91 Å². The van der Waals surface area contributed by atoms with E-state index in [0.717, 1.165) is 11.1 Å². The van der Waals surface area contributed by atoms with Gasteiger partial charge in [0.1, 0.15) is 0 Å². The molecular formula is C12H14N2O. The Kier molecular flexibility index (Phi) is 2.46. The Labute approximate surface area is 88.3 Å². The van der Waals surface area contributed by atoms with Crippen LogP contribution in [0.15, 0.2) is 30.5 Å². The Bertz CT molecular complexity index is 487. The van der Waals surface area contributed by atoms with E-state index < -0.39 is 0 Å². The van der Waals surface area contributed by atoms with Crippen LogP contribution in [-0.2, 0) is 11.2 Å². The van der Waals surface area contributed by atoms with Gasteiger partial charge < -0.3 is 10.7 Å². The van der Waals surface area contributed by atoms with Crippen LogP contribution < -0.4 is 5.73 Å². The maximum atomic E-state index is 11.0. The van der Waals surface area contributed by atoms with Crippen molar-refractivity contribution >= 4 is 16.8 Å². The van der Waals surface area contributed by atoms with Gasteiger partial charge in [-0.3, -0.25) is 4.79 Å². The topological polar surface area (TPSA) is 58.9 Å². The molecule has 1 aromatic carbocycles. The van der Waals surface area contributed by atoms with Crippen LogP contribution in [0.3, 0.4) is 0 Å². The second kappa shape index (κ2) is 3.77. The predicted octanol–water partition coefficient (Wildman–Crippen LogP) is 1.83. The summed E-state index contributed by atoms with van der Waals surface area (Å²) in [6.45, 7) is 1.85. The molecule has 0 saturated heterocycles. The van der Waals surface area contributed by atoms with Crippen LogP contribution in [0.4, 0.5) is 0 Å². The van der Waals surface area contributed by atoms with Crippen LogP contribution in [0.2, 0.25) is 0 Å². The standard InChI is InChI=1S/C12H14N2O/c1-8(12(13)15)6-9-7-14-11-5-3-2-4-10(9)11/h2-5,7-8,14H,6H2,1H3,(H2,13,15)/t8-/m1/s1. The average molecular weight is 202 g/mol. The zero-order valence-electron chi connectivity index (χ0n) is 8.66. The number of nitrogens with two attached hydrogens (primary N) is 1. The summed E-state index contributed by atoms with van der Waals surface area (Å²) in [6.07, 6.45) is 2.64. The maximum Gasteiger partial charge on any atom is 0.220 e. The maximum absolute atomic E-state index is 11.0. The SMILES string of the molecule is C[C@H](Cc1c[nH]c2ccccc12)C(N)=O. The summed E-state index contributed by atoms with van der Waals surface area (Å²) < 4.78 is 0. The number of benzene rings is 1. The largest absolute Gasteiger partial charge is 0.369 e. The number of H-pyrrole nitrogens is 1. The van der Waals surface area contributed by atoms with Gasteiger partial charge in [-0.1, -0.05) is 25.1 Å². The number of primary amides is 1. The Morgan fingerprint density at radius 3 is 2.93 bits per heavy atom. The van der Waals surface area contributed by atoms with Crippen LogP contribution in [0.1, 0.15) is 12.5 Å². The molecule has 3 nitrogen and oxygen atoms in total. The van der Waals surface area contributed by atoms with Gasteiger partial charge in [0.25, 0.3) is 0 Å². The second-order valence-electron chi connectivity index (χ2n) is 3.87. The Balaban J connectivity index is 2.32. The lowest BCUT2D eigenvalue weighted by Crippen LogP contribution is -2.22. The van der Waals surface area contributed by atoms with Crippen LogP contribution >= 0.6 is 0 Å². The Morgan fingerprint density at radius 2 is 2.20 bits per heavy atom. The fourth-order valence-electron chi connectivity index (χ4n) is 1.73. The fourth-order valence-corrected chi connectivity index (χ4v) is 1.73. The summed E-state index contributed by atoms with van der Waals surface area (Å²) in [6, 6.07) is 8.05. The summed E-state index contributed by atoms with van der Waals surface area (Å²) in [5, 5.41) is 1.17. The van der Waals surface area contributed by atoms with Gasteiger partial charge in [-0.15, -0.1) is 0 Å². The van der Waals surface area contributed by atoms with Crippen molar-refractivity contribution in [2.24, 2.45) is 11.7 Å². The number of hydrogen-bond donors (Lipinski definition) is 2. The molecule has 0 fully saturated rings. The molecule has 15 heavy (non-hydrogen) atoms. The van der Waals surface area contributed by atoms with Crippen molar-refractivity contribution in [2.45, 2.75) is 13.3 Å². The smallest absolute Gasteiger partial charge is 0.220 e. The first-order valence-electron chi connectivity index (χ1n) is 5.03. The predicted molar refractivity (Wildman–Crippen MR) is 60.4 cm³/mol. The molecule has 1 atom stereocenters. The summed E-state index contributed by atoms with van der Waals surface area (Å²) in [5.41, 5.74) is 7.50. The summed E-state index contributed by atoms with van der Waals surface area (Å²) >= 11 is 0. The molecule has 0 bridgehead atoms. The Morgan fingerprint density at radius 1 is 1.47 bits per heavy atom. The van der Waals surface area contributed by atoms with Crippen LogP contribution in [-0.4, -0.2) is 10.9 Å². The highest BCUT2D eigenvalue weighted by Crippen LogP contribution is 2.20. The molecule has 1 aromatic heterocycles. The zero-order valence-corrected chi connectivity index (χ0v) is 8.66. The van der Waals surface area contributed by atoms with Crippen molar-refractivity contribution in [1.29, 1.82) is 0 Å². The van der Waals surface area contributed by atoms with E-state index >= 15 is 0 Å². The molecule has 0 radical (unpaired) electrons. The molecule has 0 spiro atoms. The van der Waals surface area contributed by atoms with Gasteiger partial charge in [-0.25, -0.2) is 0 Å². The highest BCUT2D eigenvalue weighted by atomic mass is 16.1. The molecular weight excluding hydrogens is 188 g/mol. The van der Waals surface area contributed by atoms with Gasteiger partial charge in [-0.05, 0) is 18.1 Å². The number of carbonyl (C=O) groups is 1. The van der Waals surface area contributed by atoms with Gasteiger partial charge in [0.05, 0.1) is 0 Å². The number of carbonyl (C=O) groups excluding carboxylic acids is 1. The molecule has 1 amide bonds. The molecule has 3 heteroatoms. The third-order valence-electron chi connectivity index (χ3n) is 2.69. The number of nitrogens with one attached hydrogen (secondary N) is 1. The van der Waals surface area contributed by atoms with E-state index in [1.165, 1.54) is 5.39 Å². The van der Waals surface area contributed by atoms with Crippen molar-refractivity contribution in [1.82, 2.24) is 4.98 Å². The number of fused-ring (bicyclic) bond motifs is 1. The minimum Gasteiger partial charge on any atom is -0.369 e. The van der Waals surface area contributed by atoms with Crippen molar-refractivity contribution in [2.75, 3.05) is 0 Å². The summed E-state index contributed by atoms with van der Waals surface area (Å²) in [5.74, 6) is -0.371. The number of aromatic amines is 1. The number of amides is 1. The first-order chi connectivity index (χ1) is 7.18. The number of aromatic nitrogens is 1. The zero-order chi connectivity index (χ0) is 10.8. The molecule has 2 rings (SSSR count). The lowest BCUT2D eigenvalue weighted by Gasteiger charge is -2.05. The van der Waals surface area contributed by atoms with Crippen molar-refractivity contribution in [3.8, 4) is 0 Å². The molecule has 0 saturated carbocycles. The number of rotatable bonds is 3. The van der Waals surface area contributed by atoms with Gasteiger partial charge in [-0.2, -0.15) is 0 Å². The third-order valence-corrected chi connectivity index (χ3v) is 2.69. The third kappa shape index (κ3) is 1.86. The fraction of sp³-hybridized carbons (Fsp3) is 0.250. The number of hydrogen-bond acceptors (Lipinski definition) is 1. The van der Waals surface area contributed by atoms with Crippen LogP contribution in [0, 0.1) is 5.92 Å². The lowest BCUT2D eigenvalue weighted by atomic mass is 10.0. The molecule has 0 unspecified atom stereocenters. The van der Waals surface area contributed by atoms with Crippen molar-refractivity contribution in [3.63, 3.8) is 0 Å². The number of para-hydroxylation sites is 1. The molecule has 78 valence electrons. The molecule has 0 aliphatic carbocycles. The molecule has 0 aliphatic rings. The first kappa shape index (κ1) is 9.77. The minimum atomic E-state index is -0.250.